The highest BCUT2D eigenvalue weighted by atomic mass is 32.1. The van der Waals surface area contributed by atoms with Crippen molar-refractivity contribution in [3.63, 3.8) is 0 Å². The fourth-order valence-corrected chi connectivity index (χ4v) is 5.14. The molecule has 1 aromatic carbocycles. The number of rotatable bonds is 7. The lowest BCUT2D eigenvalue weighted by Crippen LogP contribution is -2.40. The number of aryl methyl sites for hydroxylation is 1. The normalized spacial score (nSPS) is 19.9. The summed E-state index contributed by atoms with van der Waals surface area (Å²) in [6, 6.07) is 8.76. The number of carbonyl (C=O) groups is 1. The molecule has 3 heterocycles. The van der Waals surface area contributed by atoms with Gasteiger partial charge in [-0.05, 0) is 63.9 Å². The van der Waals surface area contributed by atoms with E-state index < -0.39 is 0 Å². The Balaban J connectivity index is 1.32. The van der Waals surface area contributed by atoms with Crippen LogP contribution in [-0.2, 0) is 4.74 Å². The summed E-state index contributed by atoms with van der Waals surface area (Å²) >= 11 is 1.47. The minimum Gasteiger partial charge on any atom is -0.494 e. The van der Waals surface area contributed by atoms with E-state index in [0.29, 0.717) is 32.3 Å². The van der Waals surface area contributed by atoms with Gasteiger partial charge in [-0.3, -0.25) is 4.79 Å². The number of nitrogens with zero attached hydrogens (tertiary/aromatic N) is 3. The van der Waals surface area contributed by atoms with Crippen LogP contribution in [0.5, 0.6) is 5.75 Å². The summed E-state index contributed by atoms with van der Waals surface area (Å²) in [7, 11) is 0. The van der Waals surface area contributed by atoms with E-state index in [-0.39, 0.29) is 5.91 Å². The molecule has 7 heteroatoms. The van der Waals surface area contributed by atoms with Crippen molar-refractivity contribution in [3.8, 4) is 16.3 Å². The first kappa shape index (κ1) is 21.3. The zero-order valence-corrected chi connectivity index (χ0v) is 18.7. The predicted octanol–water partition coefficient (Wildman–Crippen LogP) is 3.84. The Morgan fingerprint density at radius 2 is 2.00 bits per heavy atom. The molecule has 2 aliphatic rings. The second kappa shape index (κ2) is 9.90. The summed E-state index contributed by atoms with van der Waals surface area (Å²) in [4.78, 5) is 22.6. The minimum absolute atomic E-state index is 0.0619. The molecule has 0 N–H and O–H groups in total. The molecular formula is C23H31N3O3S. The van der Waals surface area contributed by atoms with Crippen LogP contribution < -0.4 is 4.74 Å². The molecule has 1 unspecified atom stereocenters. The fraction of sp³-hybridized carbons (Fsp3) is 0.565. The molecule has 2 saturated heterocycles. The van der Waals surface area contributed by atoms with E-state index in [1.54, 1.807) is 0 Å². The second-order valence-corrected chi connectivity index (χ2v) is 9.09. The zero-order chi connectivity index (χ0) is 20.9. The van der Waals surface area contributed by atoms with Crippen LogP contribution in [0.3, 0.4) is 0 Å². The number of hydrogen-bond donors (Lipinski definition) is 0. The number of aromatic nitrogens is 1. The van der Waals surface area contributed by atoms with Crippen LogP contribution >= 0.6 is 11.3 Å². The smallest absolute Gasteiger partial charge is 0.266 e. The molecule has 1 amide bonds. The molecule has 0 aliphatic carbocycles. The van der Waals surface area contributed by atoms with Crippen LogP contribution in [0, 0.1) is 6.92 Å². The van der Waals surface area contributed by atoms with Gasteiger partial charge in [-0.25, -0.2) is 4.98 Å². The molecule has 162 valence electrons. The third-order valence-electron chi connectivity index (χ3n) is 5.94. The average Bonchev–Trinajstić information content (AvgIpc) is 3.37. The van der Waals surface area contributed by atoms with Crippen molar-refractivity contribution in [3.05, 3.63) is 34.8 Å². The highest BCUT2D eigenvalue weighted by Gasteiger charge is 2.23. The second-order valence-electron chi connectivity index (χ2n) is 8.09. The van der Waals surface area contributed by atoms with E-state index in [1.165, 1.54) is 30.7 Å². The van der Waals surface area contributed by atoms with E-state index >= 15 is 0 Å². The Kier molecular flexibility index (Phi) is 7.02. The molecule has 1 atom stereocenters. The topological polar surface area (TPSA) is 54.9 Å². The van der Waals surface area contributed by atoms with Gasteiger partial charge in [-0.15, -0.1) is 11.3 Å². The third-order valence-corrected chi connectivity index (χ3v) is 7.13. The lowest BCUT2D eigenvalue weighted by molar-refractivity contribution is 0.0305. The molecule has 0 bridgehead atoms. The first-order valence-corrected chi connectivity index (χ1v) is 11.7. The van der Waals surface area contributed by atoms with E-state index in [2.05, 4.69) is 16.8 Å². The molecule has 0 saturated carbocycles. The van der Waals surface area contributed by atoms with Gasteiger partial charge in [-0.1, -0.05) is 0 Å². The highest BCUT2D eigenvalue weighted by molar-refractivity contribution is 7.17. The minimum atomic E-state index is 0.0619. The van der Waals surface area contributed by atoms with E-state index in [9.17, 15) is 4.79 Å². The number of hydrogen-bond acceptors (Lipinski definition) is 6. The van der Waals surface area contributed by atoms with Crippen molar-refractivity contribution in [2.75, 3.05) is 46.0 Å². The fourth-order valence-electron chi connectivity index (χ4n) is 4.10. The van der Waals surface area contributed by atoms with Gasteiger partial charge in [0.25, 0.3) is 5.91 Å². The highest BCUT2D eigenvalue weighted by Crippen LogP contribution is 2.30. The Morgan fingerprint density at radius 1 is 1.23 bits per heavy atom. The first-order valence-electron chi connectivity index (χ1n) is 10.9. The molecule has 6 nitrogen and oxygen atoms in total. The maximum absolute atomic E-state index is 12.8. The number of morpholine rings is 1. The molecule has 2 fully saturated rings. The predicted molar refractivity (Wildman–Crippen MR) is 119 cm³/mol. The van der Waals surface area contributed by atoms with Crippen molar-refractivity contribution in [2.45, 2.75) is 39.2 Å². The lowest BCUT2D eigenvalue weighted by Gasteiger charge is -2.26. The number of benzene rings is 1. The van der Waals surface area contributed by atoms with Gasteiger partial charge in [0.15, 0.2) is 0 Å². The molecule has 4 rings (SSSR count). The Bertz CT molecular complexity index is 846. The largest absolute Gasteiger partial charge is 0.494 e. The van der Waals surface area contributed by atoms with Crippen molar-refractivity contribution < 1.29 is 14.3 Å². The molecule has 2 aromatic rings. The van der Waals surface area contributed by atoms with Gasteiger partial charge in [-0.2, -0.15) is 0 Å². The van der Waals surface area contributed by atoms with E-state index in [1.807, 2.05) is 36.1 Å². The first-order chi connectivity index (χ1) is 14.6. The summed E-state index contributed by atoms with van der Waals surface area (Å²) < 4.78 is 11.3. The summed E-state index contributed by atoms with van der Waals surface area (Å²) in [6.07, 6.45) is 3.68. The number of likely N-dealkylation sites (tertiary alicyclic amines) is 1. The third kappa shape index (κ3) is 5.02. The molecule has 1 aromatic heterocycles. The van der Waals surface area contributed by atoms with Crippen LogP contribution in [0.25, 0.3) is 10.6 Å². The van der Waals surface area contributed by atoms with Crippen LogP contribution in [0.15, 0.2) is 24.3 Å². The van der Waals surface area contributed by atoms with Crippen molar-refractivity contribution >= 4 is 17.2 Å². The van der Waals surface area contributed by atoms with Crippen molar-refractivity contribution in [1.29, 1.82) is 0 Å². The molecule has 30 heavy (non-hydrogen) atoms. The zero-order valence-electron chi connectivity index (χ0n) is 17.9. The van der Waals surface area contributed by atoms with Gasteiger partial charge < -0.3 is 19.3 Å². The monoisotopic (exact) mass is 429 g/mol. The van der Waals surface area contributed by atoms with Crippen LogP contribution in [0.1, 0.15) is 41.6 Å². The number of thiazole rings is 1. The molecule has 2 aliphatic heterocycles. The summed E-state index contributed by atoms with van der Waals surface area (Å²) in [5, 5.41) is 0.874. The van der Waals surface area contributed by atoms with Crippen LogP contribution in [0.2, 0.25) is 0 Å². The summed E-state index contributed by atoms with van der Waals surface area (Å²) in [5.74, 6) is 0.943. The molecule has 0 spiro atoms. The van der Waals surface area contributed by atoms with Crippen molar-refractivity contribution in [2.24, 2.45) is 0 Å². The Hall–Kier alpha value is -1.96. The Labute approximate surface area is 182 Å². The number of carbonyl (C=O) groups excluding carboxylic acids is 1. The van der Waals surface area contributed by atoms with Crippen molar-refractivity contribution in [1.82, 2.24) is 14.8 Å². The number of amides is 1. The lowest BCUT2D eigenvalue weighted by atomic mass is 10.2. The van der Waals surface area contributed by atoms with Gasteiger partial charge in [0.05, 0.1) is 25.5 Å². The molecular weight excluding hydrogens is 398 g/mol. The number of ether oxygens (including phenoxy) is 2. The van der Waals surface area contributed by atoms with Gasteiger partial charge >= 0.3 is 0 Å². The van der Waals surface area contributed by atoms with Gasteiger partial charge in [0.2, 0.25) is 0 Å². The summed E-state index contributed by atoms with van der Waals surface area (Å²) in [5.41, 5.74) is 1.81. The van der Waals surface area contributed by atoms with Crippen LogP contribution in [0.4, 0.5) is 0 Å². The van der Waals surface area contributed by atoms with Gasteiger partial charge in [0.1, 0.15) is 15.6 Å². The summed E-state index contributed by atoms with van der Waals surface area (Å²) in [6.45, 7) is 9.79. The van der Waals surface area contributed by atoms with Gasteiger partial charge in [0, 0.05) is 31.2 Å². The van der Waals surface area contributed by atoms with E-state index in [4.69, 9.17) is 9.47 Å². The van der Waals surface area contributed by atoms with E-state index in [0.717, 1.165) is 46.5 Å². The SMILES string of the molecule is Cc1nc(-c2ccc(OCCCN3CCCC3C)cc2)sc1C(=O)N1CCOCC1. The Morgan fingerprint density at radius 3 is 2.70 bits per heavy atom. The van der Waals surface area contributed by atoms with Crippen LogP contribution in [-0.4, -0.2) is 72.7 Å². The maximum atomic E-state index is 12.8. The molecule has 0 radical (unpaired) electrons. The standard InChI is InChI=1S/C23H31N3O3S/c1-17-5-3-10-25(17)11-4-14-29-20-8-6-19(7-9-20)22-24-18(2)21(30-22)23(27)26-12-15-28-16-13-26/h6-9,17H,3-5,10-16H2,1-2H3. The quantitative estimate of drug-likeness (QED) is 0.626. The average molecular weight is 430 g/mol. The maximum Gasteiger partial charge on any atom is 0.266 e.